The molecule has 0 aliphatic rings. The molecule has 0 rings (SSSR count). The highest BCUT2D eigenvalue weighted by Crippen LogP contribution is 1.91. The van der Waals surface area contributed by atoms with Crippen molar-refractivity contribution in [2.45, 2.75) is 12.2 Å². The van der Waals surface area contributed by atoms with Crippen LogP contribution in [0.3, 0.4) is 0 Å². The minimum absolute atomic E-state index is 0.462. The SMILES string of the molecule is N=C(N)NC(N)(N)CC(=O)O. The van der Waals surface area contributed by atoms with Gasteiger partial charge in [0.05, 0.1) is 6.42 Å². The van der Waals surface area contributed by atoms with Gasteiger partial charge in [0, 0.05) is 0 Å². The van der Waals surface area contributed by atoms with E-state index < -0.39 is 24.1 Å². The molecule has 0 saturated heterocycles. The Balaban J connectivity index is 3.99. The maximum absolute atomic E-state index is 10.1. The standard InChI is InChI=1S/C4H11N5O2/c5-3(6)9-4(7,8)1-2(10)11/h1,7-8H2,(H,10,11)(H4,5,6,9). The van der Waals surface area contributed by atoms with Crippen molar-refractivity contribution in [3.8, 4) is 0 Å². The van der Waals surface area contributed by atoms with E-state index in [1.807, 2.05) is 0 Å². The molecule has 7 heteroatoms. The maximum Gasteiger partial charge on any atom is 0.308 e. The van der Waals surface area contributed by atoms with E-state index in [9.17, 15) is 4.79 Å². The number of hydrogen-bond acceptors (Lipinski definition) is 4. The molecule has 64 valence electrons. The topological polar surface area (TPSA) is 151 Å². The number of guanidine groups is 1. The first kappa shape index (κ1) is 9.66. The number of rotatable bonds is 3. The van der Waals surface area contributed by atoms with Crippen LogP contribution in [0.4, 0.5) is 0 Å². The molecule has 0 heterocycles. The molecule has 0 aliphatic carbocycles. The van der Waals surface area contributed by atoms with Crippen LogP contribution < -0.4 is 22.5 Å². The first-order chi connectivity index (χ1) is 4.83. The fourth-order valence-corrected chi connectivity index (χ4v) is 0.545. The van der Waals surface area contributed by atoms with E-state index >= 15 is 0 Å². The van der Waals surface area contributed by atoms with Gasteiger partial charge in [0.1, 0.15) is 0 Å². The minimum atomic E-state index is -1.66. The molecule has 0 aromatic carbocycles. The van der Waals surface area contributed by atoms with Crippen molar-refractivity contribution in [1.82, 2.24) is 5.32 Å². The van der Waals surface area contributed by atoms with Crippen LogP contribution >= 0.6 is 0 Å². The number of nitrogens with two attached hydrogens (primary N) is 3. The molecule has 0 aromatic heterocycles. The third kappa shape index (κ3) is 5.12. The first-order valence-corrected chi connectivity index (χ1v) is 2.75. The fourth-order valence-electron chi connectivity index (χ4n) is 0.545. The lowest BCUT2D eigenvalue weighted by Gasteiger charge is -2.23. The van der Waals surface area contributed by atoms with E-state index in [1.165, 1.54) is 0 Å². The summed E-state index contributed by atoms with van der Waals surface area (Å²) >= 11 is 0. The van der Waals surface area contributed by atoms with Gasteiger partial charge in [-0.1, -0.05) is 0 Å². The number of nitrogens with one attached hydrogen (secondary N) is 2. The van der Waals surface area contributed by atoms with E-state index in [0.717, 1.165) is 0 Å². The Bertz CT molecular complexity index is 159. The van der Waals surface area contributed by atoms with Crippen LogP contribution in [-0.2, 0) is 4.79 Å². The lowest BCUT2D eigenvalue weighted by Crippen LogP contribution is -2.65. The van der Waals surface area contributed by atoms with Crippen molar-refractivity contribution < 1.29 is 9.90 Å². The molecule has 0 spiro atoms. The van der Waals surface area contributed by atoms with E-state index in [-0.39, 0.29) is 0 Å². The van der Waals surface area contributed by atoms with Crippen LogP contribution in [-0.4, -0.2) is 22.8 Å². The molecule has 0 saturated carbocycles. The lowest BCUT2D eigenvalue weighted by atomic mass is 10.2. The monoisotopic (exact) mass is 161 g/mol. The average Bonchev–Trinajstić information content (AvgIpc) is 1.53. The van der Waals surface area contributed by atoms with Crippen molar-refractivity contribution in [1.29, 1.82) is 5.41 Å². The third-order valence-corrected chi connectivity index (χ3v) is 0.811. The third-order valence-electron chi connectivity index (χ3n) is 0.811. The van der Waals surface area contributed by atoms with Gasteiger partial charge in [0.2, 0.25) is 0 Å². The summed E-state index contributed by atoms with van der Waals surface area (Å²) in [5, 5.41) is 17.0. The lowest BCUT2D eigenvalue weighted by molar-refractivity contribution is -0.138. The zero-order chi connectivity index (χ0) is 9.07. The highest BCUT2D eigenvalue weighted by Gasteiger charge is 2.22. The molecule has 0 unspecified atom stereocenters. The summed E-state index contributed by atoms with van der Waals surface area (Å²) < 4.78 is 0. The van der Waals surface area contributed by atoms with Gasteiger partial charge in [-0.05, 0) is 0 Å². The summed E-state index contributed by atoms with van der Waals surface area (Å²) in [5.74, 6) is -3.28. The van der Waals surface area contributed by atoms with Crippen LogP contribution in [0.25, 0.3) is 0 Å². The fraction of sp³-hybridized carbons (Fsp3) is 0.500. The molecule has 0 bridgehead atoms. The predicted octanol–water partition coefficient (Wildman–Crippen LogP) is -2.48. The molecular formula is C4H11N5O2. The summed E-state index contributed by atoms with van der Waals surface area (Å²) in [6.45, 7) is 0. The second kappa shape index (κ2) is 3.17. The summed E-state index contributed by atoms with van der Waals surface area (Å²) in [6.07, 6.45) is -0.507. The molecule has 11 heavy (non-hydrogen) atoms. The molecule has 7 nitrogen and oxygen atoms in total. The summed E-state index contributed by atoms with van der Waals surface area (Å²) in [7, 11) is 0. The highest BCUT2D eigenvalue weighted by molar-refractivity contribution is 5.76. The molecule has 0 radical (unpaired) electrons. The number of carbonyl (C=O) groups is 1. The van der Waals surface area contributed by atoms with Crippen molar-refractivity contribution in [3.05, 3.63) is 0 Å². The molecular weight excluding hydrogens is 150 g/mol. The Morgan fingerprint density at radius 1 is 1.64 bits per heavy atom. The van der Waals surface area contributed by atoms with Crippen molar-refractivity contribution in [2.75, 3.05) is 0 Å². The molecule has 9 N–H and O–H groups in total. The number of carboxylic acids is 1. The van der Waals surface area contributed by atoms with Gasteiger partial charge in [-0.25, -0.2) is 0 Å². The van der Waals surface area contributed by atoms with Gasteiger partial charge in [-0.2, -0.15) is 0 Å². The van der Waals surface area contributed by atoms with Crippen molar-refractivity contribution in [2.24, 2.45) is 17.2 Å². The van der Waals surface area contributed by atoms with E-state index in [4.69, 9.17) is 27.7 Å². The van der Waals surface area contributed by atoms with Crippen LogP contribution in [0.2, 0.25) is 0 Å². The quantitative estimate of drug-likeness (QED) is 0.153. The van der Waals surface area contributed by atoms with Crippen LogP contribution in [0.1, 0.15) is 6.42 Å². The normalized spacial score (nSPS) is 10.7. The first-order valence-electron chi connectivity index (χ1n) is 2.75. The highest BCUT2D eigenvalue weighted by atomic mass is 16.4. The second-order valence-corrected chi connectivity index (χ2v) is 2.15. The number of hydrogen-bond donors (Lipinski definition) is 6. The van der Waals surface area contributed by atoms with Gasteiger partial charge < -0.3 is 16.2 Å². The summed E-state index contributed by atoms with van der Waals surface area (Å²) in [5.41, 5.74) is 15.2. The zero-order valence-corrected chi connectivity index (χ0v) is 5.79. The van der Waals surface area contributed by atoms with E-state index in [0.29, 0.717) is 0 Å². The van der Waals surface area contributed by atoms with E-state index in [1.54, 1.807) is 0 Å². The van der Waals surface area contributed by atoms with E-state index in [2.05, 4.69) is 5.32 Å². The van der Waals surface area contributed by atoms with Gasteiger partial charge in [0.15, 0.2) is 11.7 Å². The predicted molar refractivity (Wildman–Crippen MR) is 38.4 cm³/mol. The van der Waals surface area contributed by atoms with Gasteiger partial charge in [-0.3, -0.25) is 21.7 Å². The average molecular weight is 161 g/mol. The molecule has 0 atom stereocenters. The molecule has 0 fully saturated rings. The second-order valence-electron chi connectivity index (χ2n) is 2.15. The Morgan fingerprint density at radius 2 is 2.09 bits per heavy atom. The smallest absolute Gasteiger partial charge is 0.308 e. The van der Waals surface area contributed by atoms with Crippen molar-refractivity contribution >= 4 is 11.9 Å². The Kier molecular flexibility index (Phi) is 2.78. The van der Waals surface area contributed by atoms with Gasteiger partial charge >= 0.3 is 5.97 Å². The van der Waals surface area contributed by atoms with Crippen LogP contribution in [0.5, 0.6) is 0 Å². The maximum atomic E-state index is 10.1. The number of aliphatic carboxylic acids is 1. The summed E-state index contributed by atoms with van der Waals surface area (Å²) in [4.78, 5) is 10.1. The summed E-state index contributed by atoms with van der Waals surface area (Å²) in [6, 6.07) is 0. The van der Waals surface area contributed by atoms with Crippen molar-refractivity contribution in [3.63, 3.8) is 0 Å². The molecule has 0 aliphatic heterocycles. The van der Waals surface area contributed by atoms with Gasteiger partial charge in [0.25, 0.3) is 0 Å². The van der Waals surface area contributed by atoms with Crippen LogP contribution in [0, 0.1) is 5.41 Å². The molecule has 0 amide bonds. The minimum Gasteiger partial charge on any atom is -0.481 e. The largest absolute Gasteiger partial charge is 0.481 e. The van der Waals surface area contributed by atoms with Gasteiger partial charge in [-0.15, -0.1) is 0 Å². The molecule has 0 aromatic rings. The zero-order valence-electron chi connectivity index (χ0n) is 5.79. The Morgan fingerprint density at radius 3 is 2.36 bits per heavy atom. The Labute approximate surface area is 63.0 Å². The number of carboxylic acid groups (broad SMARTS) is 1. The Hall–Kier alpha value is -1.34. The van der Waals surface area contributed by atoms with Crippen LogP contribution in [0.15, 0.2) is 0 Å².